The van der Waals surface area contributed by atoms with Gasteiger partial charge in [-0.05, 0) is 36.8 Å². The molecule has 0 saturated carbocycles. The number of allylic oxidation sites excluding steroid dienone is 1. The summed E-state index contributed by atoms with van der Waals surface area (Å²) in [5.41, 5.74) is 9.50. The summed E-state index contributed by atoms with van der Waals surface area (Å²) in [5.74, 6) is -0.278. The smallest absolute Gasteiger partial charge is 0.321 e. The third kappa shape index (κ3) is 5.93. The molecule has 11 heteroatoms. The van der Waals surface area contributed by atoms with E-state index < -0.39 is 11.8 Å². The Morgan fingerprint density at radius 1 is 1.39 bits per heavy atom. The van der Waals surface area contributed by atoms with E-state index in [0.717, 1.165) is 13.1 Å². The van der Waals surface area contributed by atoms with Gasteiger partial charge in [-0.3, -0.25) is 20.2 Å². The number of imidazole rings is 1. The Bertz CT molecular complexity index is 1310. The van der Waals surface area contributed by atoms with Crippen LogP contribution >= 0.6 is 0 Å². The van der Waals surface area contributed by atoms with Crippen molar-refractivity contribution >= 4 is 34.8 Å². The number of urea groups is 1. The van der Waals surface area contributed by atoms with Crippen molar-refractivity contribution < 1.29 is 13.9 Å². The Morgan fingerprint density at radius 3 is 2.92 bits per heavy atom. The maximum absolute atomic E-state index is 14.7. The normalized spacial score (nSPS) is 14.9. The van der Waals surface area contributed by atoms with Crippen molar-refractivity contribution in [3.8, 4) is 11.3 Å². The number of nitrogens with one attached hydrogen (secondary N) is 3. The quantitative estimate of drug-likeness (QED) is 0.357. The predicted molar refractivity (Wildman–Crippen MR) is 139 cm³/mol. The summed E-state index contributed by atoms with van der Waals surface area (Å²) in [6.07, 6.45) is 4.57. The summed E-state index contributed by atoms with van der Waals surface area (Å²) in [6.45, 7) is 9.99. The number of H-pyrrole nitrogens is 1. The lowest BCUT2D eigenvalue weighted by atomic mass is 10.0. The first kappa shape index (κ1) is 25.0. The SMILES string of the molecule is C=C(CN1CCOCC1)N=C/C(=C\N)c1cc(-c2ncccc2F)c2nc(NC(=O)NCC)[nH]c2c1. The molecule has 0 atom stereocenters. The van der Waals surface area contributed by atoms with Crippen molar-refractivity contribution in [3.63, 3.8) is 0 Å². The molecule has 5 N–H and O–H groups in total. The van der Waals surface area contributed by atoms with Crippen molar-refractivity contribution in [2.24, 2.45) is 10.7 Å². The molecule has 3 aromatic rings. The summed E-state index contributed by atoms with van der Waals surface area (Å²) in [4.78, 5) is 30.5. The molecular formula is C25H29FN8O2. The van der Waals surface area contributed by atoms with E-state index >= 15 is 0 Å². The van der Waals surface area contributed by atoms with Crippen LogP contribution in [0.15, 0.2) is 53.9 Å². The molecular weight excluding hydrogens is 463 g/mol. The molecule has 2 amide bonds. The molecule has 36 heavy (non-hydrogen) atoms. The zero-order valence-electron chi connectivity index (χ0n) is 20.1. The molecule has 1 saturated heterocycles. The van der Waals surface area contributed by atoms with E-state index in [-0.39, 0.29) is 11.6 Å². The fourth-order valence-electron chi connectivity index (χ4n) is 3.85. The number of anilines is 1. The van der Waals surface area contributed by atoms with Crippen LogP contribution in [0.3, 0.4) is 0 Å². The second kappa shape index (κ2) is 11.6. The predicted octanol–water partition coefficient (Wildman–Crippen LogP) is 3.12. The van der Waals surface area contributed by atoms with Gasteiger partial charge in [0.2, 0.25) is 5.95 Å². The number of ether oxygens (including phenoxy) is 1. The number of halogens is 1. The topological polar surface area (TPSA) is 134 Å². The van der Waals surface area contributed by atoms with Crippen molar-refractivity contribution in [2.75, 3.05) is 44.7 Å². The van der Waals surface area contributed by atoms with Gasteiger partial charge in [0, 0.05) is 61.6 Å². The van der Waals surface area contributed by atoms with Gasteiger partial charge >= 0.3 is 6.03 Å². The van der Waals surface area contributed by atoms with E-state index in [2.05, 4.69) is 42.1 Å². The van der Waals surface area contributed by atoms with Gasteiger partial charge in [0.15, 0.2) is 0 Å². The van der Waals surface area contributed by atoms with Crippen molar-refractivity contribution in [1.29, 1.82) is 0 Å². The number of aromatic amines is 1. The van der Waals surface area contributed by atoms with E-state index in [0.29, 0.717) is 59.7 Å². The molecule has 188 valence electrons. The first-order valence-electron chi connectivity index (χ1n) is 11.6. The second-order valence-electron chi connectivity index (χ2n) is 8.16. The maximum Gasteiger partial charge on any atom is 0.321 e. The summed E-state index contributed by atoms with van der Waals surface area (Å²) >= 11 is 0. The molecule has 1 aliphatic heterocycles. The number of hydrogen-bond donors (Lipinski definition) is 4. The number of hydrogen-bond acceptors (Lipinski definition) is 7. The Labute approximate surface area is 208 Å². The Balaban J connectivity index is 1.68. The van der Waals surface area contributed by atoms with Crippen molar-refractivity contribution in [2.45, 2.75) is 6.92 Å². The number of aromatic nitrogens is 3. The molecule has 0 spiro atoms. The Kier molecular flexibility index (Phi) is 8.03. The van der Waals surface area contributed by atoms with E-state index in [1.165, 1.54) is 24.5 Å². The van der Waals surface area contributed by atoms with Crippen LogP contribution in [-0.4, -0.2) is 71.5 Å². The number of aliphatic imine (C=N–C) groups is 1. The van der Waals surface area contributed by atoms with Crippen LogP contribution < -0.4 is 16.4 Å². The molecule has 2 aromatic heterocycles. The van der Waals surface area contributed by atoms with Crippen LogP contribution in [0.2, 0.25) is 0 Å². The molecule has 1 aromatic carbocycles. The minimum Gasteiger partial charge on any atom is -0.404 e. The molecule has 0 aliphatic carbocycles. The van der Waals surface area contributed by atoms with Gasteiger partial charge < -0.3 is 20.8 Å². The lowest BCUT2D eigenvalue weighted by Gasteiger charge is -2.26. The molecule has 1 aliphatic rings. The van der Waals surface area contributed by atoms with E-state index in [1.807, 2.05) is 13.0 Å². The van der Waals surface area contributed by atoms with Crippen LogP contribution in [0.25, 0.3) is 27.9 Å². The molecule has 0 unspecified atom stereocenters. The van der Waals surface area contributed by atoms with Gasteiger partial charge in [0.1, 0.15) is 17.0 Å². The Hall–Kier alpha value is -4.09. The number of nitrogens with two attached hydrogens (primary N) is 1. The summed E-state index contributed by atoms with van der Waals surface area (Å²) in [6, 6.07) is 6.00. The maximum atomic E-state index is 14.7. The molecule has 1 fully saturated rings. The van der Waals surface area contributed by atoms with Crippen LogP contribution in [0.5, 0.6) is 0 Å². The van der Waals surface area contributed by atoms with Crippen molar-refractivity contribution in [1.82, 2.24) is 25.2 Å². The molecule has 0 radical (unpaired) electrons. The average molecular weight is 493 g/mol. The molecule has 3 heterocycles. The lowest BCUT2D eigenvalue weighted by molar-refractivity contribution is 0.0422. The standard InChI is InChI=1S/C25H29FN8O2/c1-3-28-25(35)33-24-31-21-12-17(11-19(23(21)32-24)22-20(26)5-4-6-29-22)18(13-27)14-30-16(2)15-34-7-9-36-10-8-34/h4-6,11-14H,2-3,7-10,15,27H2,1H3,(H3,28,31,32,33,35)/b18-13+,30-14?. The molecule has 4 rings (SSSR count). The van der Waals surface area contributed by atoms with Gasteiger partial charge in [-0.25, -0.2) is 14.2 Å². The van der Waals surface area contributed by atoms with E-state index in [4.69, 9.17) is 10.5 Å². The monoisotopic (exact) mass is 492 g/mol. The summed E-state index contributed by atoms with van der Waals surface area (Å²) < 4.78 is 20.1. The van der Waals surface area contributed by atoms with Gasteiger partial charge in [-0.2, -0.15) is 0 Å². The first-order valence-corrected chi connectivity index (χ1v) is 11.6. The highest BCUT2D eigenvalue weighted by atomic mass is 19.1. The van der Waals surface area contributed by atoms with Crippen molar-refractivity contribution in [3.05, 3.63) is 60.3 Å². The number of carbonyl (C=O) groups excluding carboxylic acids is 1. The van der Waals surface area contributed by atoms with Gasteiger partial charge in [0.25, 0.3) is 0 Å². The van der Waals surface area contributed by atoms with Gasteiger partial charge in [-0.1, -0.05) is 6.58 Å². The van der Waals surface area contributed by atoms with Crippen LogP contribution in [0, 0.1) is 5.82 Å². The third-order valence-electron chi connectivity index (χ3n) is 5.58. The zero-order chi connectivity index (χ0) is 25.5. The lowest BCUT2D eigenvalue weighted by Crippen LogP contribution is -2.37. The van der Waals surface area contributed by atoms with Crippen LogP contribution in [0.1, 0.15) is 12.5 Å². The van der Waals surface area contributed by atoms with Gasteiger partial charge in [0.05, 0.1) is 18.7 Å². The number of amides is 2. The first-order chi connectivity index (χ1) is 17.5. The second-order valence-corrected chi connectivity index (χ2v) is 8.16. The number of benzene rings is 1. The largest absolute Gasteiger partial charge is 0.404 e. The highest BCUT2D eigenvalue weighted by molar-refractivity contribution is 6.12. The number of morpholine rings is 1. The average Bonchev–Trinajstić information content (AvgIpc) is 3.27. The number of fused-ring (bicyclic) bond motifs is 1. The van der Waals surface area contributed by atoms with Crippen LogP contribution in [0.4, 0.5) is 15.1 Å². The van der Waals surface area contributed by atoms with E-state index in [1.54, 1.807) is 12.3 Å². The Morgan fingerprint density at radius 2 is 2.19 bits per heavy atom. The third-order valence-corrected chi connectivity index (χ3v) is 5.58. The fraction of sp³-hybridized carbons (Fsp3) is 0.280. The number of rotatable bonds is 8. The summed E-state index contributed by atoms with van der Waals surface area (Å²) in [5, 5.41) is 5.29. The molecule has 10 nitrogen and oxygen atoms in total. The minimum absolute atomic E-state index is 0.130. The highest BCUT2D eigenvalue weighted by Crippen LogP contribution is 2.32. The van der Waals surface area contributed by atoms with Gasteiger partial charge in [-0.15, -0.1) is 0 Å². The number of nitrogens with zero attached hydrogens (tertiary/aromatic N) is 4. The van der Waals surface area contributed by atoms with E-state index in [9.17, 15) is 9.18 Å². The summed E-state index contributed by atoms with van der Waals surface area (Å²) in [7, 11) is 0. The number of pyridine rings is 1. The fourth-order valence-corrected chi connectivity index (χ4v) is 3.85. The zero-order valence-corrected chi connectivity index (χ0v) is 20.1. The van der Waals surface area contributed by atoms with Crippen LogP contribution in [-0.2, 0) is 4.74 Å². The number of carbonyl (C=O) groups is 1. The highest BCUT2D eigenvalue weighted by Gasteiger charge is 2.17. The minimum atomic E-state index is -0.497. The molecule has 0 bridgehead atoms.